The molecule has 1 aliphatic carbocycles. The van der Waals surface area contributed by atoms with E-state index in [1.54, 1.807) is 0 Å². The van der Waals surface area contributed by atoms with Gasteiger partial charge in [0.15, 0.2) is 0 Å². The number of aromatic nitrogens is 3. The lowest BCUT2D eigenvalue weighted by Gasteiger charge is -2.33. The van der Waals surface area contributed by atoms with Gasteiger partial charge < -0.3 is 9.47 Å². The molecule has 0 spiro atoms. The molecular weight excluding hydrogens is 300 g/mol. The van der Waals surface area contributed by atoms with E-state index < -0.39 is 0 Å². The second-order valence-electron chi connectivity index (χ2n) is 7.27. The van der Waals surface area contributed by atoms with Crippen LogP contribution >= 0.6 is 0 Å². The minimum atomic E-state index is 0.203. The van der Waals surface area contributed by atoms with Crippen molar-refractivity contribution in [3.05, 3.63) is 42.5 Å². The Morgan fingerprint density at radius 1 is 1.12 bits per heavy atom. The number of rotatable bonds is 3. The first kappa shape index (κ1) is 15.5. The molecule has 2 aromatic heterocycles. The van der Waals surface area contributed by atoms with Crippen LogP contribution in [0.1, 0.15) is 56.2 Å². The minimum Gasteiger partial charge on any atom is -0.351 e. The molecule has 1 aliphatic heterocycles. The zero-order valence-corrected chi connectivity index (χ0v) is 14.3. The summed E-state index contributed by atoms with van der Waals surface area (Å²) in [5, 5.41) is 4.28. The molecule has 24 heavy (non-hydrogen) atoms. The lowest BCUT2D eigenvalue weighted by atomic mass is 9.85. The predicted molar refractivity (Wildman–Crippen MR) is 92.3 cm³/mol. The van der Waals surface area contributed by atoms with E-state index >= 15 is 0 Å². The number of aryl methyl sites for hydroxylation is 1. The van der Waals surface area contributed by atoms with Gasteiger partial charge in [-0.1, -0.05) is 0 Å². The van der Waals surface area contributed by atoms with Gasteiger partial charge in [-0.05, 0) is 50.7 Å². The highest BCUT2D eigenvalue weighted by Gasteiger charge is 2.36. The maximum atomic E-state index is 13.1. The summed E-state index contributed by atoms with van der Waals surface area (Å²) in [4.78, 5) is 15.2. The van der Waals surface area contributed by atoms with Gasteiger partial charge in [0, 0.05) is 49.7 Å². The smallest absolute Gasteiger partial charge is 0.226 e. The van der Waals surface area contributed by atoms with Crippen molar-refractivity contribution in [1.82, 2.24) is 19.2 Å². The van der Waals surface area contributed by atoms with E-state index in [4.69, 9.17) is 0 Å². The molecule has 1 amide bonds. The van der Waals surface area contributed by atoms with Gasteiger partial charge in [-0.15, -0.1) is 0 Å². The Morgan fingerprint density at radius 2 is 1.88 bits per heavy atom. The summed E-state index contributed by atoms with van der Waals surface area (Å²) in [7, 11) is 1.94. The molecule has 1 saturated heterocycles. The second kappa shape index (κ2) is 6.46. The van der Waals surface area contributed by atoms with Crippen molar-refractivity contribution in [3.8, 4) is 0 Å². The van der Waals surface area contributed by atoms with Crippen LogP contribution in [0.15, 0.2) is 36.9 Å². The van der Waals surface area contributed by atoms with Crippen LogP contribution in [0.3, 0.4) is 0 Å². The summed E-state index contributed by atoms with van der Waals surface area (Å²) in [6, 6.07) is 4.96. The molecule has 5 nitrogen and oxygen atoms in total. The van der Waals surface area contributed by atoms with Gasteiger partial charge in [0.25, 0.3) is 0 Å². The molecule has 1 atom stereocenters. The Labute approximate surface area is 143 Å². The van der Waals surface area contributed by atoms with Crippen LogP contribution in [0, 0.1) is 5.92 Å². The largest absolute Gasteiger partial charge is 0.351 e. The zero-order chi connectivity index (χ0) is 16.5. The molecule has 5 heteroatoms. The van der Waals surface area contributed by atoms with Crippen molar-refractivity contribution >= 4 is 5.91 Å². The lowest BCUT2D eigenvalue weighted by molar-refractivity contribution is -0.137. The predicted octanol–water partition coefficient (Wildman–Crippen LogP) is 3.32. The molecule has 128 valence electrons. The number of carbonyl (C=O) groups excluding carboxylic acids is 1. The Hall–Kier alpha value is -2.04. The third-order valence-electron chi connectivity index (χ3n) is 5.74. The van der Waals surface area contributed by atoms with Gasteiger partial charge in [0.2, 0.25) is 5.91 Å². The number of nitrogens with zero attached hydrogens (tertiary/aromatic N) is 4. The summed E-state index contributed by atoms with van der Waals surface area (Å²) < 4.78 is 4.13. The molecule has 1 saturated carbocycles. The molecule has 0 radical (unpaired) electrons. The minimum absolute atomic E-state index is 0.203. The molecule has 2 fully saturated rings. The van der Waals surface area contributed by atoms with Crippen molar-refractivity contribution in [1.29, 1.82) is 0 Å². The summed E-state index contributed by atoms with van der Waals surface area (Å²) >= 11 is 0. The van der Waals surface area contributed by atoms with Crippen molar-refractivity contribution in [2.75, 3.05) is 6.54 Å². The van der Waals surface area contributed by atoms with E-state index in [0.29, 0.717) is 11.9 Å². The summed E-state index contributed by atoms with van der Waals surface area (Å²) in [6.07, 6.45) is 14.7. The molecular formula is C19H26N4O. The van der Waals surface area contributed by atoms with Gasteiger partial charge in [-0.2, -0.15) is 5.10 Å². The van der Waals surface area contributed by atoms with Gasteiger partial charge in [0.05, 0.1) is 12.2 Å². The molecule has 4 rings (SSSR count). The topological polar surface area (TPSA) is 43.1 Å². The summed E-state index contributed by atoms with van der Waals surface area (Å²) in [5.74, 6) is 0.571. The molecule has 0 unspecified atom stereocenters. The number of hydrogen-bond donors (Lipinski definition) is 0. The Kier molecular flexibility index (Phi) is 4.17. The fraction of sp³-hybridized carbons (Fsp3) is 0.579. The molecule has 2 aromatic rings. The van der Waals surface area contributed by atoms with Gasteiger partial charge in [-0.3, -0.25) is 9.48 Å². The third kappa shape index (κ3) is 2.87. The lowest BCUT2D eigenvalue weighted by Crippen LogP contribution is -2.37. The van der Waals surface area contributed by atoms with E-state index in [2.05, 4.69) is 45.3 Å². The zero-order valence-electron chi connectivity index (χ0n) is 14.3. The molecule has 3 heterocycles. The fourth-order valence-electron chi connectivity index (χ4n) is 4.44. The SMILES string of the molecule is Cn1cc([C@@H]2CCCN2C(=O)C2CCC(n3cccc3)CC2)cn1. The maximum Gasteiger partial charge on any atom is 0.226 e. The van der Waals surface area contributed by atoms with Gasteiger partial charge in [-0.25, -0.2) is 0 Å². The number of likely N-dealkylation sites (tertiary alicyclic amines) is 1. The second-order valence-corrected chi connectivity index (χ2v) is 7.27. The number of hydrogen-bond acceptors (Lipinski definition) is 2. The van der Waals surface area contributed by atoms with E-state index in [0.717, 1.165) is 45.1 Å². The van der Waals surface area contributed by atoms with Crippen LogP contribution in [0.4, 0.5) is 0 Å². The molecule has 2 aliphatic rings. The van der Waals surface area contributed by atoms with Crippen LogP contribution < -0.4 is 0 Å². The van der Waals surface area contributed by atoms with Crippen molar-refractivity contribution in [3.63, 3.8) is 0 Å². The van der Waals surface area contributed by atoms with Gasteiger partial charge in [0.1, 0.15) is 0 Å². The van der Waals surface area contributed by atoms with Crippen molar-refractivity contribution < 1.29 is 4.79 Å². The Bertz CT molecular complexity index is 682. The number of carbonyl (C=O) groups is 1. The molecule has 0 bridgehead atoms. The van der Waals surface area contributed by atoms with Crippen molar-refractivity contribution in [2.45, 2.75) is 50.6 Å². The first-order valence-corrected chi connectivity index (χ1v) is 9.14. The molecule has 0 aromatic carbocycles. The standard InChI is InChI=1S/C19H26N4O/c1-21-14-16(13-20-21)18-5-4-12-23(18)19(24)15-6-8-17(9-7-15)22-10-2-3-11-22/h2-3,10-11,13-15,17-18H,4-9,12H2,1H3/t15?,17?,18-/m0/s1. The first-order valence-electron chi connectivity index (χ1n) is 9.14. The normalized spacial score (nSPS) is 27.5. The maximum absolute atomic E-state index is 13.1. The third-order valence-corrected chi connectivity index (χ3v) is 5.74. The van der Waals surface area contributed by atoms with Crippen LogP contribution in [0.25, 0.3) is 0 Å². The van der Waals surface area contributed by atoms with E-state index in [1.807, 2.05) is 17.9 Å². The Balaban J connectivity index is 1.40. The highest BCUT2D eigenvalue weighted by molar-refractivity contribution is 5.79. The van der Waals surface area contributed by atoms with Crippen LogP contribution in [-0.2, 0) is 11.8 Å². The number of amides is 1. The van der Waals surface area contributed by atoms with Crippen LogP contribution in [0.2, 0.25) is 0 Å². The fourth-order valence-corrected chi connectivity index (χ4v) is 4.44. The average molecular weight is 326 g/mol. The van der Waals surface area contributed by atoms with E-state index in [1.165, 1.54) is 5.56 Å². The van der Waals surface area contributed by atoms with Crippen molar-refractivity contribution in [2.24, 2.45) is 13.0 Å². The van der Waals surface area contributed by atoms with E-state index in [9.17, 15) is 4.79 Å². The molecule has 0 N–H and O–H groups in total. The summed E-state index contributed by atoms with van der Waals surface area (Å²) in [5.41, 5.74) is 1.18. The quantitative estimate of drug-likeness (QED) is 0.868. The van der Waals surface area contributed by atoms with Gasteiger partial charge >= 0.3 is 0 Å². The summed E-state index contributed by atoms with van der Waals surface area (Å²) in [6.45, 7) is 0.899. The van der Waals surface area contributed by atoms with Crippen LogP contribution in [0.5, 0.6) is 0 Å². The highest BCUT2D eigenvalue weighted by Crippen LogP contribution is 2.38. The average Bonchev–Trinajstić information content (AvgIpc) is 3.35. The van der Waals surface area contributed by atoms with E-state index in [-0.39, 0.29) is 12.0 Å². The monoisotopic (exact) mass is 326 g/mol. The highest BCUT2D eigenvalue weighted by atomic mass is 16.2. The Morgan fingerprint density at radius 3 is 2.54 bits per heavy atom. The first-order chi connectivity index (χ1) is 11.7. The van der Waals surface area contributed by atoms with Crippen LogP contribution in [-0.4, -0.2) is 31.7 Å².